The number of halogens is 2. The minimum atomic E-state index is -3.46. The van der Waals surface area contributed by atoms with Crippen molar-refractivity contribution in [3.8, 4) is 0 Å². The molecule has 1 aromatic carbocycles. The smallest absolute Gasteiger partial charge is 0.250 e. The van der Waals surface area contributed by atoms with Crippen LogP contribution in [0.4, 0.5) is 4.39 Å². The van der Waals surface area contributed by atoms with Crippen LogP contribution in [0.25, 0.3) is 0 Å². The molecule has 0 aliphatic rings. The Bertz CT molecular complexity index is 783. The highest BCUT2D eigenvalue weighted by atomic mass is 127. The Hall–Kier alpha value is -1.24. The summed E-state index contributed by atoms with van der Waals surface area (Å²) in [6, 6.07) is 9.71. The lowest BCUT2D eigenvalue weighted by molar-refractivity contribution is 0.582. The summed E-state index contributed by atoms with van der Waals surface area (Å²) in [7, 11) is -1.87. The van der Waals surface area contributed by atoms with Crippen LogP contribution in [0.3, 0.4) is 0 Å². The molecule has 0 fully saturated rings. The van der Waals surface area contributed by atoms with Crippen molar-refractivity contribution in [3.05, 3.63) is 53.2 Å². The van der Waals surface area contributed by atoms with Gasteiger partial charge >= 0.3 is 0 Å². The summed E-state index contributed by atoms with van der Waals surface area (Å²) in [5.41, 5.74) is 0.527. The first-order valence-electron chi connectivity index (χ1n) is 7.24. The second-order valence-corrected chi connectivity index (χ2v) is 7.72. The highest BCUT2D eigenvalue weighted by Gasteiger charge is 2.13. The van der Waals surface area contributed by atoms with Crippen molar-refractivity contribution in [3.63, 3.8) is 0 Å². The Morgan fingerprint density at radius 3 is 2.56 bits per heavy atom. The monoisotopic (exact) mass is 498 g/mol. The molecule has 0 radical (unpaired) electrons. The van der Waals surface area contributed by atoms with E-state index in [1.54, 1.807) is 42.8 Å². The number of hydrogen-bond donors (Lipinski definition) is 3. The van der Waals surface area contributed by atoms with Crippen LogP contribution in [0.1, 0.15) is 5.56 Å². The van der Waals surface area contributed by atoms with Gasteiger partial charge in [-0.25, -0.2) is 17.5 Å². The Kier molecular flexibility index (Phi) is 9.32. The van der Waals surface area contributed by atoms with Gasteiger partial charge in [0.25, 0.3) is 0 Å². The molecule has 25 heavy (non-hydrogen) atoms. The molecule has 3 N–H and O–H groups in total. The number of rotatable bonds is 7. The zero-order valence-electron chi connectivity index (χ0n) is 13.5. The van der Waals surface area contributed by atoms with E-state index >= 15 is 0 Å². The lowest BCUT2D eigenvalue weighted by Gasteiger charge is -2.12. The quantitative estimate of drug-likeness (QED) is 0.237. The number of aliphatic imine (C=N–C) groups is 1. The van der Waals surface area contributed by atoms with E-state index < -0.39 is 10.0 Å². The van der Waals surface area contributed by atoms with E-state index in [0.717, 1.165) is 11.3 Å². The minimum absolute atomic E-state index is 0. The second-order valence-electron chi connectivity index (χ2n) is 4.77. The number of guanidine groups is 1. The van der Waals surface area contributed by atoms with Gasteiger partial charge in [-0.1, -0.05) is 24.3 Å². The van der Waals surface area contributed by atoms with Crippen molar-refractivity contribution in [1.29, 1.82) is 0 Å². The predicted molar refractivity (Wildman–Crippen MR) is 110 cm³/mol. The third-order valence-electron chi connectivity index (χ3n) is 3.10. The molecule has 1 aromatic heterocycles. The van der Waals surface area contributed by atoms with Crippen LogP contribution in [0.5, 0.6) is 0 Å². The molecule has 138 valence electrons. The molecule has 0 aliphatic heterocycles. The zero-order chi connectivity index (χ0) is 17.4. The fraction of sp³-hybridized carbons (Fsp3) is 0.267. The average molecular weight is 498 g/mol. The molecule has 0 spiro atoms. The van der Waals surface area contributed by atoms with Crippen molar-refractivity contribution in [1.82, 2.24) is 15.4 Å². The van der Waals surface area contributed by atoms with Gasteiger partial charge in [0, 0.05) is 32.2 Å². The summed E-state index contributed by atoms with van der Waals surface area (Å²) in [5.74, 6) is 0.178. The standard InChI is InChI=1S/C15H19FN4O2S2.HI/c1-17-15(19-11-12-5-2-3-6-13(12)16)18-8-9-20-24(21,22)14-7-4-10-23-14;/h2-7,10,20H,8-9,11H2,1H3,(H2,17,18,19);1H. The number of hydrogen-bond acceptors (Lipinski definition) is 4. The zero-order valence-corrected chi connectivity index (χ0v) is 17.5. The van der Waals surface area contributed by atoms with Crippen LogP contribution >= 0.6 is 35.3 Å². The van der Waals surface area contributed by atoms with Gasteiger partial charge in [0.15, 0.2) is 5.96 Å². The van der Waals surface area contributed by atoms with Crippen LogP contribution < -0.4 is 15.4 Å². The molecule has 0 aliphatic carbocycles. The highest BCUT2D eigenvalue weighted by molar-refractivity contribution is 14.0. The summed E-state index contributed by atoms with van der Waals surface area (Å²) in [4.78, 5) is 4.01. The van der Waals surface area contributed by atoms with E-state index in [9.17, 15) is 12.8 Å². The Morgan fingerprint density at radius 2 is 1.92 bits per heavy atom. The molecular weight excluding hydrogens is 478 g/mol. The molecule has 2 aromatic rings. The molecule has 0 saturated heterocycles. The van der Waals surface area contributed by atoms with Gasteiger partial charge in [-0.15, -0.1) is 35.3 Å². The second kappa shape index (κ2) is 10.7. The van der Waals surface area contributed by atoms with Crippen molar-refractivity contribution >= 4 is 51.3 Å². The Balaban J connectivity index is 0.00000312. The van der Waals surface area contributed by atoms with Crippen molar-refractivity contribution in [2.24, 2.45) is 4.99 Å². The predicted octanol–water partition coefficient (Wildman–Crippen LogP) is 2.15. The van der Waals surface area contributed by atoms with Crippen molar-refractivity contribution in [2.45, 2.75) is 10.8 Å². The van der Waals surface area contributed by atoms with Gasteiger partial charge in [-0.2, -0.15) is 0 Å². The van der Waals surface area contributed by atoms with E-state index in [1.807, 2.05) is 0 Å². The van der Waals surface area contributed by atoms with Gasteiger partial charge in [-0.3, -0.25) is 4.99 Å². The van der Waals surface area contributed by atoms with Gasteiger partial charge in [0.05, 0.1) is 0 Å². The average Bonchev–Trinajstić information content (AvgIpc) is 3.11. The van der Waals surface area contributed by atoms with Crippen LogP contribution in [-0.2, 0) is 16.6 Å². The van der Waals surface area contributed by atoms with E-state index in [0.29, 0.717) is 18.1 Å². The van der Waals surface area contributed by atoms with Crippen molar-refractivity contribution in [2.75, 3.05) is 20.1 Å². The third kappa shape index (κ3) is 6.88. The topological polar surface area (TPSA) is 82.6 Å². The SMILES string of the molecule is CN=C(NCCNS(=O)(=O)c1cccs1)NCc1ccccc1F.I. The van der Waals surface area contributed by atoms with Crippen LogP contribution in [0, 0.1) is 5.82 Å². The number of sulfonamides is 1. The normalized spacial score (nSPS) is 11.7. The van der Waals surface area contributed by atoms with Gasteiger partial charge < -0.3 is 10.6 Å². The van der Waals surface area contributed by atoms with Crippen LogP contribution in [0.15, 0.2) is 51.0 Å². The molecule has 0 saturated carbocycles. The highest BCUT2D eigenvalue weighted by Crippen LogP contribution is 2.14. The maximum absolute atomic E-state index is 13.5. The molecular formula is C15H20FIN4O2S2. The van der Waals surface area contributed by atoms with Crippen LogP contribution in [0.2, 0.25) is 0 Å². The number of thiophene rings is 1. The summed E-state index contributed by atoms with van der Waals surface area (Å²) in [6.45, 7) is 0.843. The molecule has 1 heterocycles. The summed E-state index contributed by atoms with van der Waals surface area (Å²) >= 11 is 1.16. The van der Waals surface area contributed by atoms with Gasteiger partial charge in [0.2, 0.25) is 10.0 Å². The number of nitrogens with zero attached hydrogens (tertiary/aromatic N) is 1. The summed E-state index contributed by atoms with van der Waals surface area (Å²) in [6.07, 6.45) is 0. The third-order valence-corrected chi connectivity index (χ3v) is 5.96. The first-order chi connectivity index (χ1) is 11.5. The van der Waals surface area contributed by atoms with Gasteiger partial charge in [-0.05, 0) is 17.5 Å². The first kappa shape index (κ1) is 21.8. The van der Waals surface area contributed by atoms with Crippen LogP contribution in [-0.4, -0.2) is 34.5 Å². The number of nitrogens with one attached hydrogen (secondary N) is 3. The van der Waals surface area contributed by atoms with E-state index in [1.165, 1.54) is 6.07 Å². The molecule has 2 rings (SSSR count). The maximum Gasteiger partial charge on any atom is 0.250 e. The summed E-state index contributed by atoms with van der Waals surface area (Å²) in [5, 5.41) is 7.65. The largest absolute Gasteiger partial charge is 0.355 e. The molecule has 0 amide bonds. The molecule has 0 atom stereocenters. The molecule has 6 nitrogen and oxygen atoms in total. The van der Waals surface area contributed by atoms with Gasteiger partial charge in [0.1, 0.15) is 10.0 Å². The lowest BCUT2D eigenvalue weighted by atomic mass is 10.2. The molecule has 0 bridgehead atoms. The number of benzene rings is 1. The summed E-state index contributed by atoms with van der Waals surface area (Å²) < 4.78 is 40.2. The lowest BCUT2D eigenvalue weighted by Crippen LogP contribution is -2.41. The van der Waals surface area contributed by atoms with E-state index in [2.05, 4.69) is 20.3 Å². The fourth-order valence-corrected chi connectivity index (χ4v) is 3.96. The first-order valence-corrected chi connectivity index (χ1v) is 9.60. The van der Waals surface area contributed by atoms with Crippen molar-refractivity contribution < 1.29 is 12.8 Å². The fourth-order valence-electron chi connectivity index (χ4n) is 1.90. The Labute approximate surface area is 168 Å². The molecule has 10 heteroatoms. The Morgan fingerprint density at radius 1 is 1.16 bits per heavy atom. The maximum atomic E-state index is 13.5. The van der Waals surface area contributed by atoms with E-state index in [4.69, 9.17) is 0 Å². The molecule has 0 unspecified atom stereocenters. The minimum Gasteiger partial charge on any atom is -0.355 e. The van der Waals surface area contributed by atoms with E-state index in [-0.39, 0.29) is 47.1 Å².